The number of halogens is 1. The lowest BCUT2D eigenvalue weighted by atomic mass is 10.1. The molecule has 0 fully saturated rings. The van der Waals surface area contributed by atoms with Crippen LogP contribution < -0.4 is 4.90 Å². The minimum Gasteiger partial charge on any atom is -0.330 e. The maximum atomic E-state index is 11.7. The molecule has 0 amide bonds. The molecule has 4 nitrogen and oxygen atoms in total. The van der Waals surface area contributed by atoms with Crippen molar-refractivity contribution in [3.05, 3.63) is 58.2 Å². The van der Waals surface area contributed by atoms with Crippen molar-refractivity contribution in [2.45, 2.75) is 11.8 Å². The van der Waals surface area contributed by atoms with E-state index in [9.17, 15) is 8.42 Å². The smallest absolute Gasteiger partial charge is 0.176 e. The van der Waals surface area contributed by atoms with Gasteiger partial charge < -0.3 is 4.90 Å². The molecule has 7 heteroatoms. The Morgan fingerprint density at radius 2 is 2.04 bits per heavy atom. The van der Waals surface area contributed by atoms with Crippen LogP contribution in [0, 0.1) is 6.92 Å². The van der Waals surface area contributed by atoms with Crippen molar-refractivity contribution in [1.29, 1.82) is 0 Å². The molecule has 1 aromatic carbocycles. The minimum absolute atomic E-state index is 0.153. The number of anilines is 1. The topological polar surface area (TPSA) is 50.3 Å². The van der Waals surface area contributed by atoms with Gasteiger partial charge in [0, 0.05) is 29.4 Å². The van der Waals surface area contributed by atoms with Gasteiger partial charge in [-0.3, -0.25) is 4.98 Å². The summed E-state index contributed by atoms with van der Waals surface area (Å²) in [6.07, 6.45) is 2.94. The van der Waals surface area contributed by atoms with Crippen molar-refractivity contribution >= 4 is 44.6 Å². The van der Waals surface area contributed by atoms with Crippen LogP contribution in [0.3, 0.4) is 0 Å². The van der Waals surface area contributed by atoms with E-state index in [1.165, 1.54) is 0 Å². The van der Waals surface area contributed by atoms with Gasteiger partial charge >= 0.3 is 0 Å². The maximum Gasteiger partial charge on any atom is 0.176 e. The molecule has 0 bridgehead atoms. The van der Waals surface area contributed by atoms with Gasteiger partial charge in [0.2, 0.25) is 0 Å². The van der Waals surface area contributed by atoms with E-state index < -0.39 is 9.84 Å². The van der Waals surface area contributed by atoms with E-state index in [0.717, 1.165) is 34.8 Å². The Hall–Kier alpha value is -1.50. The Bertz CT molecular complexity index is 895. The molecule has 0 unspecified atom stereocenters. The molecule has 0 saturated heterocycles. The number of benzene rings is 1. The first-order valence-corrected chi connectivity index (χ1v) is 10.2. The molecule has 0 aliphatic carbocycles. The molecule has 0 saturated carbocycles. The number of pyridine rings is 1. The van der Waals surface area contributed by atoms with Crippen LogP contribution in [-0.2, 0) is 9.84 Å². The number of sulfone groups is 1. The maximum absolute atomic E-state index is 11.7. The number of aromatic nitrogens is 1. The summed E-state index contributed by atoms with van der Waals surface area (Å²) in [5.74, 6) is 0.755. The van der Waals surface area contributed by atoms with E-state index in [2.05, 4.69) is 15.3 Å². The SMILES string of the molecule is Cc1cc(C2=CSCN2c2ccc(S(C)(=O)=O)c(Cl)c2)ccn1. The predicted molar refractivity (Wildman–Crippen MR) is 96.4 cm³/mol. The lowest BCUT2D eigenvalue weighted by molar-refractivity contribution is 0.602. The average molecular weight is 367 g/mol. The quantitative estimate of drug-likeness (QED) is 0.823. The molecule has 0 N–H and O–H groups in total. The number of nitrogens with zero attached hydrogens (tertiary/aromatic N) is 2. The molecule has 2 heterocycles. The van der Waals surface area contributed by atoms with Crippen LogP contribution in [0.2, 0.25) is 5.02 Å². The Kier molecular flexibility index (Phi) is 4.40. The van der Waals surface area contributed by atoms with Crippen LogP contribution in [0.15, 0.2) is 46.8 Å². The summed E-state index contributed by atoms with van der Waals surface area (Å²) in [4.78, 5) is 6.48. The molecule has 3 rings (SSSR count). The molecule has 23 heavy (non-hydrogen) atoms. The Morgan fingerprint density at radius 3 is 2.70 bits per heavy atom. The Labute approximate surface area is 145 Å². The van der Waals surface area contributed by atoms with E-state index in [1.807, 2.05) is 19.1 Å². The highest BCUT2D eigenvalue weighted by molar-refractivity contribution is 8.02. The summed E-state index contributed by atoms with van der Waals surface area (Å²) in [5.41, 5.74) is 3.95. The van der Waals surface area contributed by atoms with Crippen LogP contribution in [0.5, 0.6) is 0 Å². The fourth-order valence-corrected chi connectivity index (χ4v) is 4.68. The lowest BCUT2D eigenvalue weighted by Crippen LogP contribution is -2.17. The summed E-state index contributed by atoms with van der Waals surface area (Å²) < 4.78 is 23.4. The molecular formula is C16H15ClN2O2S2. The average Bonchev–Trinajstić information content (AvgIpc) is 2.95. The largest absolute Gasteiger partial charge is 0.330 e. The van der Waals surface area contributed by atoms with Crippen LogP contribution in [0.1, 0.15) is 11.3 Å². The second kappa shape index (κ2) is 6.19. The molecule has 1 aliphatic rings. The fraction of sp³-hybridized carbons (Fsp3) is 0.188. The first kappa shape index (κ1) is 16.4. The molecule has 1 aliphatic heterocycles. The van der Waals surface area contributed by atoms with Gasteiger partial charge in [-0.25, -0.2) is 8.42 Å². The highest BCUT2D eigenvalue weighted by Gasteiger charge is 2.21. The Morgan fingerprint density at radius 1 is 1.26 bits per heavy atom. The van der Waals surface area contributed by atoms with E-state index in [4.69, 9.17) is 11.6 Å². The number of aryl methyl sites for hydroxylation is 1. The normalized spacial score (nSPS) is 14.9. The second-order valence-electron chi connectivity index (χ2n) is 5.30. The number of hydrogen-bond acceptors (Lipinski definition) is 5. The summed E-state index contributed by atoms with van der Waals surface area (Å²) in [5, 5.41) is 2.33. The third-order valence-electron chi connectivity index (χ3n) is 3.51. The van der Waals surface area contributed by atoms with Gasteiger partial charge in [0.15, 0.2) is 9.84 Å². The Balaban J connectivity index is 1.99. The third-order valence-corrected chi connectivity index (χ3v) is 5.89. The number of thioether (sulfide) groups is 1. The van der Waals surface area contributed by atoms with E-state index in [1.54, 1.807) is 36.2 Å². The van der Waals surface area contributed by atoms with Gasteiger partial charge in [-0.05, 0) is 42.7 Å². The van der Waals surface area contributed by atoms with Crippen molar-refractivity contribution in [1.82, 2.24) is 4.98 Å². The zero-order valence-electron chi connectivity index (χ0n) is 12.7. The minimum atomic E-state index is -3.32. The van der Waals surface area contributed by atoms with Crippen molar-refractivity contribution in [2.24, 2.45) is 0 Å². The summed E-state index contributed by atoms with van der Waals surface area (Å²) in [6.45, 7) is 1.95. The van der Waals surface area contributed by atoms with E-state index in [0.29, 0.717) is 0 Å². The molecule has 0 spiro atoms. The van der Waals surface area contributed by atoms with Gasteiger partial charge in [0.1, 0.15) is 0 Å². The van der Waals surface area contributed by atoms with Crippen molar-refractivity contribution < 1.29 is 8.42 Å². The molecule has 120 valence electrons. The predicted octanol–water partition coefficient (Wildman–Crippen LogP) is 3.96. The second-order valence-corrected chi connectivity index (χ2v) is 8.52. The summed E-state index contributed by atoms with van der Waals surface area (Å²) >= 11 is 7.85. The standard InChI is InChI=1S/C16H15ClN2O2S2/c1-11-7-12(5-6-18-11)15-9-22-10-19(15)13-3-4-16(14(17)8-13)23(2,20)21/h3-9H,10H2,1-2H3. The number of hydrogen-bond donors (Lipinski definition) is 0. The van der Waals surface area contributed by atoms with E-state index in [-0.39, 0.29) is 9.92 Å². The van der Waals surface area contributed by atoms with Crippen LogP contribution in [-0.4, -0.2) is 25.5 Å². The first-order chi connectivity index (χ1) is 10.9. The fourth-order valence-electron chi connectivity index (χ4n) is 2.42. The van der Waals surface area contributed by atoms with Gasteiger partial charge in [0.25, 0.3) is 0 Å². The van der Waals surface area contributed by atoms with Crippen LogP contribution in [0.4, 0.5) is 5.69 Å². The van der Waals surface area contributed by atoms with Gasteiger partial charge in [-0.1, -0.05) is 11.6 Å². The van der Waals surface area contributed by atoms with E-state index >= 15 is 0 Å². The molecule has 0 atom stereocenters. The van der Waals surface area contributed by atoms with Crippen molar-refractivity contribution in [3.8, 4) is 0 Å². The molecule has 2 aromatic rings. The molecule has 1 aromatic heterocycles. The summed E-state index contributed by atoms with van der Waals surface area (Å²) in [6, 6.07) is 9.04. The highest BCUT2D eigenvalue weighted by Crippen LogP contribution is 2.37. The lowest BCUT2D eigenvalue weighted by Gasteiger charge is -2.22. The number of rotatable bonds is 3. The molecular weight excluding hydrogens is 352 g/mol. The van der Waals surface area contributed by atoms with Gasteiger partial charge in [-0.2, -0.15) is 0 Å². The third kappa shape index (κ3) is 3.39. The van der Waals surface area contributed by atoms with Crippen molar-refractivity contribution in [2.75, 3.05) is 17.0 Å². The van der Waals surface area contributed by atoms with Gasteiger partial charge in [-0.15, -0.1) is 11.8 Å². The monoisotopic (exact) mass is 366 g/mol. The zero-order chi connectivity index (χ0) is 16.6. The first-order valence-electron chi connectivity index (χ1n) is 6.88. The van der Waals surface area contributed by atoms with Crippen LogP contribution >= 0.6 is 23.4 Å². The highest BCUT2D eigenvalue weighted by atomic mass is 35.5. The van der Waals surface area contributed by atoms with Crippen LogP contribution in [0.25, 0.3) is 5.70 Å². The summed E-state index contributed by atoms with van der Waals surface area (Å²) in [7, 11) is -3.32. The molecule has 0 radical (unpaired) electrons. The zero-order valence-corrected chi connectivity index (χ0v) is 15.0. The van der Waals surface area contributed by atoms with Gasteiger partial charge in [0.05, 0.1) is 21.5 Å². The van der Waals surface area contributed by atoms with Crippen molar-refractivity contribution in [3.63, 3.8) is 0 Å².